The number of aromatic nitrogens is 1. The third-order valence-electron chi connectivity index (χ3n) is 1.96. The first-order valence-electron chi connectivity index (χ1n) is 4.59. The summed E-state index contributed by atoms with van der Waals surface area (Å²) in [5.41, 5.74) is -2.59. The Bertz CT molecular complexity index is 456. The molecule has 0 aliphatic rings. The predicted molar refractivity (Wildman–Crippen MR) is 48.4 cm³/mol. The Balaban J connectivity index is 3.49. The lowest BCUT2D eigenvalue weighted by atomic mass is 10.1. The SMILES string of the molecule is COc1ncc(C(F)(F)F)c(OC(F)(F)F)c1CO. The van der Waals surface area contributed by atoms with Crippen LogP contribution < -0.4 is 9.47 Å². The van der Waals surface area contributed by atoms with E-state index < -0.39 is 41.9 Å². The van der Waals surface area contributed by atoms with Gasteiger partial charge in [-0.3, -0.25) is 0 Å². The second-order valence-corrected chi connectivity index (χ2v) is 3.19. The summed E-state index contributed by atoms with van der Waals surface area (Å²) in [4.78, 5) is 3.18. The van der Waals surface area contributed by atoms with Crippen molar-refractivity contribution in [1.29, 1.82) is 0 Å². The van der Waals surface area contributed by atoms with E-state index in [9.17, 15) is 26.3 Å². The highest BCUT2D eigenvalue weighted by molar-refractivity contribution is 5.46. The van der Waals surface area contributed by atoms with Gasteiger partial charge in [-0.2, -0.15) is 13.2 Å². The van der Waals surface area contributed by atoms with Crippen molar-refractivity contribution in [3.63, 3.8) is 0 Å². The molecule has 0 radical (unpaired) electrons. The molecule has 0 aliphatic heterocycles. The molecule has 4 nitrogen and oxygen atoms in total. The molecule has 10 heteroatoms. The third-order valence-corrected chi connectivity index (χ3v) is 1.96. The lowest BCUT2D eigenvalue weighted by Gasteiger charge is -2.18. The molecule has 0 atom stereocenters. The second-order valence-electron chi connectivity index (χ2n) is 3.19. The van der Waals surface area contributed by atoms with Gasteiger partial charge in [0.05, 0.1) is 19.3 Å². The number of alkyl halides is 6. The lowest BCUT2D eigenvalue weighted by Crippen LogP contribution is -2.22. The summed E-state index contributed by atoms with van der Waals surface area (Å²) in [5, 5.41) is 8.88. The zero-order valence-electron chi connectivity index (χ0n) is 9.26. The van der Waals surface area contributed by atoms with E-state index in [1.54, 1.807) is 0 Å². The fourth-order valence-corrected chi connectivity index (χ4v) is 1.27. The second kappa shape index (κ2) is 5.11. The Kier molecular flexibility index (Phi) is 4.13. The van der Waals surface area contributed by atoms with Crippen LogP contribution in [0.4, 0.5) is 26.3 Å². The number of ether oxygens (including phenoxy) is 2. The molecule has 0 amide bonds. The minimum Gasteiger partial charge on any atom is -0.481 e. The monoisotopic (exact) mass is 291 g/mol. The van der Waals surface area contributed by atoms with Crippen LogP contribution in [0.15, 0.2) is 6.20 Å². The smallest absolute Gasteiger partial charge is 0.481 e. The molecule has 19 heavy (non-hydrogen) atoms. The molecule has 1 aromatic heterocycles. The van der Waals surface area contributed by atoms with Crippen LogP contribution in [0, 0.1) is 0 Å². The van der Waals surface area contributed by atoms with E-state index in [2.05, 4.69) is 14.5 Å². The fraction of sp³-hybridized carbons (Fsp3) is 0.444. The van der Waals surface area contributed by atoms with Crippen LogP contribution >= 0.6 is 0 Å². The average molecular weight is 291 g/mol. The normalized spacial score (nSPS) is 12.4. The Hall–Kier alpha value is -1.71. The summed E-state index contributed by atoms with van der Waals surface area (Å²) in [6.07, 6.45) is -10.3. The quantitative estimate of drug-likeness (QED) is 0.869. The van der Waals surface area contributed by atoms with Crippen LogP contribution in [-0.2, 0) is 12.8 Å². The number of pyridine rings is 1. The van der Waals surface area contributed by atoms with Crippen LogP contribution in [0.1, 0.15) is 11.1 Å². The number of nitrogens with zero attached hydrogens (tertiary/aromatic N) is 1. The number of aliphatic hydroxyl groups excluding tert-OH is 1. The van der Waals surface area contributed by atoms with E-state index in [4.69, 9.17) is 5.11 Å². The molecule has 1 rings (SSSR count). The molecule has 108 valence electrons. The number of methoxy groups -OCH3 is 1. The molecular weight excluding hydrogens is 284 g/mol. The van der Waals surface area contributed by atoms with Crippen molar-refractivity contribution in [3.05, 3.63) is 17.3 Å². The maximum atomic E-state index is 12.6. The summed E-state index contributed by atoms with van der Waals surface area (Å²) in [6.45, 7) is -1.16. The number of rotatable bonds is 3. The number of halogens is 6. The van der Waals surface area contributed by atoms with Crippen molar-refractivity contribution in [2.75, 3.05) is 7.11 Å². The van der Waals surface area contributed by atoms with Crippen molar-refractivity contribution < 1.29 is 40.9 Å². The molecule has 1 heterocycles. The Morgan fingerprint density at radius 2 is 1.79 bits per heavy atom. The van der Waals surface area contributed by atoms with E-state index in [0.717, 1.165) is 7.11 Å². The minimum absolute atomic E-state index is 0.138. The van der Waals surface area contributed by atoms with Crippen LogP contribution in [-0.4, -0.2) is 23.6 Å². The average Bonchev–Trinajstić information content (AvgIpc) is 2.24. The van der Waals surface area contributed by atoms with E-state index in [0.29, 0.717) is 0 Å². The van der Waals surface area contributed by atoms with Crippen LogP contribution in [0.25, 0.3) is 0 Å². The highest BCUT2D eigenvalue weighted by Gasteiger charge is 2.42. The Morgan fingerprint density at radius 1 is 1.21 bits per heavy atom. The Labute approximate surface area is 102 Å². The molecule has 0 bridgehead atoms. The third kappa shape index (κ3) is 3.63. The lowest BCUT2D eigenvalue weighted by molar-refractivity contribution is -0.276. The Morgan fingerprint density at radius 3 is 2.16 bits per heavy atom. The first kappa shape index (κ1) is 15.3. The summed E-state index contributed by atoms with van der Waals surface area (Å²) in [6, 6.07) is 0. The highest BCUT2D eigenvalue weighted by atomic mass is 19.4. The van der Waals surface area contributed by atoms with E-state index >= 15 is 0 Å². The first-order chi connectivity index (χ1) is 8.60. The van der Waals surface area contributed by atoms with Crippen LogP contribution in [0.3, 0.4) is 0 Å². The van der Waals surface area contributed by atoms with Gasteiger partial charge in [-0.05, 0) is 0 Å². The van der Waals surface area contributed by atoms with Crippen LogP contribution in [0.5, 0.6) is 11.6 Å². The maximum Gasteiger partial charge on any atom is 0.573 e. The zero-order chi connectivity index (χ0) is 14.8. The van der Waals surface area contributed by atoms with Crippen molar-refractivity contribution >= 4 is 0 Å². The van der Waals surface area contributed by atoms with E-state index in [-0.39, 0.29) is 6.20 Å². The topological polar surface area (TPSA) is 51.6 Å². The van der Waals surface area contributed by atoms with Gasteiger partial charge in [-0.25, -0.2) is 4.98 Å². The molecular formula is C9H7F6NO3. The largest absolute Gasteiger partial charge is 0.573 e. The van der Waals surface area contributed by atoms with Gasteiger partial charge in [0.25, 0.3) is 0 Å². The summed E-state index contributed by atoms with van der Waals surface area (Å²) >= 11 is 0. The van der Waals surface area contributed by atoms with E-state index in [1.165, 1.54) is 0 Å². The van der Waals surface area contributed by atoms with Gasteiger partial charge in [0.2, 0.25) is 5.88 Å². The van der Waals surface area contributed by atoms with Crippen LogP contribution in [0.2, 0.25) is 0 Å². The van der Waals surface area contributed by atoms with Gasteiger partial charge in [0, 0.05) is 6.20 Å². The van der Waals surface area contributed by atoms with Crippen molar-refractivity contribution in [3.8, 4) is 11.6 Å². The number of hydrogen-bond acceptors (Lipinski definition) is 4. The molecule has 0 saturated heterocycles. The first-order valence-corrected chi connectivity index (χ1v) is 4.59. The molecule has 0 aliphatic carbocycles. The molecule has 1 aromatic rings. The van der Waals surface area contributed by atoms with Gasteiger partial charge in [0.1, 0.15) is 5.56 Å². The minimum atomic E-state index is -5.35. The van der Waals surface area contributed by atoms with E-state index in [1.807, 2.05) is 0 Å². The molecule has 0 aromatic carbocycles. The summed E-state index contributed by atoms with van der Waals surface area (Å²) in [7, 11) is 0.978. The maximum absolute atomic E-state index is 12.6. The van der Waals surface area contributed by atoms with Crippen molar-refractivity contribution in [2.24, 2.45) is 0 Å². The van der Waals surface area contributed by atoms with Gasteiger partial charge in [-0.15, -0.1) is 13.2 Å². The van der Waals surface area contributed by atoms with Crippen molar-refractivity contribution in [1.82, 2.24) is 4.98 Å². The molecule has 0 spiro atoms. The van der Waals surface area contributed by atoms with Gasteiger partial charge in [-0.1, -0.05) is 0 Å². The molecule has 0 fully saturated rings. The molecule has 0 saturated carbocycles. The van der Waals surface area contributed by atoms with Crippen molar-refractivity contribution in [2.45, 2.75) is 19.1 Å². The molecule has 1 N–H and O–H groups in total. The summed E-state index contributed by atoms with van der Waals surface area (Å²) in [5.74, 6) is -2.16. The fourth-order valence-electron chi connectivity index (χ4n) is 1.27. The standard InChI is InChI=1S/C9H7F6NO3/c1-18-7-4(3-17)6(19-9(13,14)15)5(2-16-7)8(10,11)12/h2,17H,3H2,1H3. The van der Waals surface area contributed by atoms with Gasteiger partial charge >= 0.3 is 12.5 Å². The zero-order valence-corrected chi connectivity index (χ0v) is 9.26. The molecule has 0 unspecified atom stereocenters. The highest BCUT2D eigenvalue weighted by Crippen LogP contribution is 2.42. The predicted octanol–water partition coefficient (Wildman–Crippen LogP) is 2.50. The number of hydrogen-bond donors (Lipinski definition) is 1. The summed E-state index contributed by atoms with van der Waals surface area (Å²) < 4.78 is 81.9. The van der Waals surface area contributed by atoms with Gasteiger partial charge < -0.3 is 14.6 Å². The van der Waals surface area contributed by atoms with Gasteiger partial charge in [0.15, 0.2) is 5.75 Å². The number of aliphatic hydroxyl groups is 1.